The molecule has 1 rings (SSSR count). The summed E-state index contributed by atoms with van der Waals surface area (Å²) in [6.07, 6.45) is 2.04. The molecule has 0 aromatic heterocycles. The maximum atomic E-state index is 11.7. The third-order valence-corrected chi connectivity index (χ3v) is 2.95. The molecule has 1 saturated carbocycles. The van der Waals surface area contributed by atoms with Gasteiger partial charge in [-0.15, -0.1) is 0 Å². The van der Waals surface area contributed by atoms with Crippen LogP contribution in [0.15, 0.2) is 0 Å². The average molecular weight is 300 g/mol. The zero-order valence-electron chi connectivity index (χ0n) is 12.6. The summed E-state index contributed by atoms with van der Waals surface area (Å²) in [7, 11) is 0. The fourth-order valence-electron chi connectivity index (χ4n) is 2.05. The molecule has 7 nitrogen and oxygen atoms in total. The number of carbonyl (C=O) groups excluding carboxylic acids is 3. The van der Waals surface area contributed by atoms with Gasteiger partial charge in [-0.3, -0.25) is 4.79 Å². The van der Waals surface area contributed by atoms with Crippen molar-refractivity contribution >= 4 is 18.0 Å². The molecule has 120 valence electrons. The van der Waals surface area contributed by atoms with Crippen LogP contribution in [0.3, 0.4) is 0 Å². The molecule has 1 fully saturated rings. The Bertz CT molecular complexity index is 395. The summed E-state index contributed by atoms with van der Waals surface area (Å²) in [4.78, 5) is 34.2. The summed E-state index contributed by atoms with van der Waals surface area (Å²) in [6.45, 7) is 4.94. The first-order valence-electron chi connectivity index (χ1n) is 7.07. The monoisotopic (exact) mass is 300 g/mol. The molecule has 21 heavy (non-hydrogen) atoms. The molecule has 0 heterocycles. The second-order valence-electron chi connectivity index (χ2n) is 6.12. The van der Waals surface area contributed by atoms with Crippen LogP contribution in [0.1, 0.15) is 52.9 Å². The molecule has 0 bridgehead atoms. The van der Waals surface area contributed by atoms with Crippen molar-refractivity contribution in [2.45, 2.75) is 70.6 Å². The van der Waals surface area contributed by atoms with Gasteiger partial charge < -0.3 is 24.7 Å². The number of ether oxygens (including phenoxy) is 2. The van der Waals surface area contributed by atoms with E-state index in [0.717, 1.165) is 25.7 Å². The molecule has 0 aliphatic heterocycles. The minimum absolute atomic E-state index is 0.151. The standard InChI is InChI=1S/C14H23NO6/c1-14(2,3)21-13(19)15-10(12(17)18)8-11(16)20-9-6-4-5-7-9/h9-10H,4-8H2,1-3H3,(H,15,19)(H,17,18)/p-1/t10-/m0/s1. The Morgan fingerprint density at radius 3 is 2.29 bits per heavy atom. The Morgan fingerprint density at radius 1 is 1.24 bits per heavy atom. The van der Waals surface area contributed by atoms with Crippen LogP contribution in [0.25, 0.3) is 0 Å². The predicted octanol–water partition coefficient (Wildman–Crippen LogP) is 0.505. The molecule has 0 spiro atoms. The van der Waals surface area contributed by atoms with Crippen molar-refractivity contribution in [2.75, 3.05) is 0 Å². The second kappa shape index (κ2) is 7.28. The van der Waals surface area contributed by atoms with Crippen molar-refractivity contribution < 1.29 is 29.0 Å². The molecule has 1 aliphatic carbocycles. The molecule has 1 atom stereocenters. The normalized spacial score (nSPS) is 17.1. The molecule has 0 saturated heterocycles. The number of carbonyl (C=O) groups is 3. The smallest absolute Gasteiger partial charge is 0.408 e. The number of hydrogen-bond donors (Lipinski definition) is 1. The fourth-order valence-corrected chi connectivity index (χ4v) is 2.05. The Hall–Kier alpha value is -1.79. The van der Waals surface area contributed by atoms with Crippen molar-refractivity contribution in [1.29, 1.82) is 0 Å². The number of carboxylic acid groups (broad SMARTS) is 1. The van der Waals surface area contributed by atoms with Gasteiger partial charge >= 0.3 is 12.1 Å². The fraction of sp³-hybridized carbons (Fsp3) is 0.786. The molecule has 0 radical (unpaired) electrons. The molecule has 0 unspecified atom stereocenters. The van der Waals surface area contributed by atoms with Gasteiger partial charge in [0.1, 0.15) is 11.7 Å². The van der Waals surface area contributed by atoms with E-state index >= 15 is 0 Å². The summed E-state index contributed by atoms with van der Waals surface area (Å²) in [5, 5.41) is 13.1. The SMILES string of the molecule is CC(C)(C)OC(=O)N[C@@H](CC(=O)OC1CCCC1)C(=O)[O-]. The van der Waals surface area contributed by atoms with Gasteiger partial charge in [-0.05, 0) is 46.5 Å². The van der Waals surface area contributed by atoms with E-state index in [1.54, 1.807) is 20.8 Å². The minimum Gasteiger partial charge on any atom is -0.548 e. The summed E-state index contributed by atoms with van der Waals surface area (Å²) >= 11 is 0. The predicted molar refractivity (Wildman–Crippen MR) is 71.1 cm³/mol. The van der Waals surface area contributed by atoms with Crippen LogP contribution in [0.2, 0.25) is 0 Å². The van der Waals surface area contributed by atoms with Crippen molar-refractivity contribution in [1.82, 2.24) is 5.32 Å². The number of aliphatic carboxylic acids is 1. The highest BCUT2D eigenvalue weighted by Gasteiger charge is 2.25. The first-order valence-corrected chi connectivity index (χ1v) is 7.07. The molecule has 1 aliphatic rings. The summed E-state index contributed by atoms with van der Waals surface area (Å²) in [5.41, 5.74) is -0.759. The second-order valence-corrected chi connectivity index (χ2v) is 6.12. The van der Waals surface area contributed by atoms with Gasteiger partial charge in [-0.1, -0.05) is 0 Å². The zero-order chi connectivity index (χ0) is 16.0. The van der Waals surface area contributed by atoms with E-state index < -0.39 is 36.1 Å². The maximum absolute atomic E-state index is 11.7. The number of amides is 1. The Balaban J connectivity index is 2.47. The number of nitrogens with one attached hydrogen (secondary N) is 1. The number of alkyl carbamates (subject to hydrolysis) is 1. The maximum Gasteiger partial charge on any atom is 0.408 e. The molecule has 7 heteroatoms. The van der Waals surface area contributed by atoms with Gasteiger partial charge in [-0.25, -0.2) is 4.79 Å². The van der Waals surface area contributed by atoms with Crippen LogP contribution >= 0.6 is 0 Å². The summed E-state index contributed by atoms with van der Waals surface area (Å²) in [5.74, 6) is -2.21. The number of rotatable bonds is 5. The van der Waals surface area contributed by atoms with E-state index in [0.29, 0.717) is 0 Å². The lowest BCUT2D eigenvalue weighted by Gasteiger charge is -2.24. The van der Waals surface area contributed by atoms with Crippen molar-refractivity contribution in [2.24, 2.45) is 0 Å². The van der Waals surface area contributed by atoms with E-state index in [4.69, 9.17) is 9.47 Å². The van der Waals surface area contributed by atoms with Crippen LogP contribution < -0.4 is 10.4 Å². The Morgan fingerprint density at radius 2 is 1.81 bits per heavy atom. The van der Waals surface area contributed by atoms with E-state index in [1.165, 1.54) is 0 Å². The van der Waals surface area contributed by atoms with Crippen LogP contribution in [-0.2, 0) is 19.1 Å². The van der Waals surface area contributed by atoms with Crippen molar-refractivity contribution in [3.63, 3.8) is 0 Å². The summed E-state index contributed by atoms with van der Waals surface area (Å²) in [6, 6.07) is -1.46. The third kappa shape index (κ3) is 6.97. The van der Waals surface area contributed by atoms with E-state index in [2.05, 4.69) is 5.32 Å². The Kier molecular flexibility index (Phi) is 5.99. The molecule has 0 aromatic carbocycles. The number of esters is 1. The zero-order valence-corrected chi connectivity index (χ0v) is 12.6. The lowest BCUT2D eigenvalue weighted by Crippen LogP contribution is -2.50. The van der Waals surface area contributed by atoms with Crippen LogP contribution in [0.4, 0.5) is 4.79 Å². The van der Waals surface area contributed by atoms with Gasteiger partial charge in [0.15, 0.2) is 0 Å². The Labute approximate surface area is 124 Å². The van der Waals surface area contributed by atoms with Gasteiger partial charge in [0.25, 0.3) is 0 Å². The topological polar surface area (TPSA) is 105 Å². The van der Waals surface area contributed by atoms with Gasteiger partial charge in [0.05, 0.1) is 18.4 Å². The molecule has 1 N–H and O–H groups in total. The lowest BCUT2D eigenvalue weighted by atomic mass is 10.2. The van der Waals surface area contributed by atoms with Crippen molar-refractivity contribution in [3.05, 3.63) is 0 Å². The third-order valence-electron chi connectivity index (χ3n) is 2.95. The number of carboxylic acids is 1. The summed E-state index contributed by atoms with van der Waals surface area (Å²) < 4.78 is 10.1. The van der Waals surface area contributed by atoms with Gasteiger partial charge in [-0.2, -0.15) is 0 Å². The lowest BCUT2D eigenvalue weighted by molar-refractivity contribution is -0.308. The van der Waals surface area contributed by atoms with E-state index in [1.807, 2.05) is 0 Å². The quantitative estimate of drug-likeness (QED) is 0.741. The largest absolute Gasteiger partial charge is 0.548 e. The highest BCUT2D eigenvalue weighted by molar-refractivity contribution is 5.84. The first kappa shape index (κ1) is 17.3. The van der Waals surface area contributed by atoms with Crippen LogP contribution in [-0.4, -0.2) is 35.8 Å². The van der Waals surface area contributed by atoms with Gasteiger partial charge in [0.2, 0.25) is 0 Å². The number of hydrogen-bond acceptors (Lipinski definition) is 6. The molecule has 0 aromatic rings. The average Bonchev–Trinajstić information content (AvgIpc) is 2.77. The van der Waals surface area contributed by atoms with Crippen LogP contribution in [0.5, 0.6) is 0 Å². The molecular weight excluding hydrogens is 278 g/mol. The molecular formula is C14H22NO6-. The van der Waals surface area contributed by atoms with Gasteiger partial charge in [0, 0.05) is 0 Å². The minimum atomic E-state index is -1.55. The first-order chi connectivity index (χ1) is 9.67. The van der Waals surface area contributed by atoms with Crippen molar-refractivity contribution in [3.8, 4) is 0 Å². The van der Waals surface area contributed by atoms with E-state index in [-0.39, 0.29) is 6.10 Å². The highest BCUT2D eigenvalue weighted by atomic mass is 16.6. The highest BCUT2D eigenvalue weighted by Crippen LogP contribution is 2.21. The molecule has 1 amide bonds. The van der Waals surface area contributed by atoms with Crippen LogP contribution in [0, 0.1) is 0 Å². The van der Waals surface area contributed by atoms with E-state index in [9.17, 15) is 19.5 Å².